The first kappa shape index (κ1) is 15.2. The lowest BCUT2D eigenvalue weighted by molar-refractivity contribution is -0.129. The lowest BCUT2D eigenvalue weighted by Crippen LogP contribution is -2.25. The first-order chi connectivity index (χ1) is 8.62. The number of ether oxygens (including phenoxy) is 2. The van der Waals surface area contributed by atoms with E-state index in [0.717, 1.165) is 15.8 Å². The Hall–Kier alpha value is -0.870. The number of carbonyl (C=O) groups excluding carboxylic acids is 1. The van der Waals surface area contributed by atoms with Crippen molar-refractivity contribution in [3.8, 4) is 5.75 Å². The molecule has 0 bridgehead atoms. The molecule has 4 heteroatoms. The molecule has 0 aliphatic rings. The standard InChI is InChI=1S/C14H19BrO3/c1-4-13(18-5-2)12(16)9-10-6-7-14(17-3)11(15)8-10/h6-8,13H,4-5,9H2,1-3H3. The molecule has 0 aromatic heterocycles. The molecule has 1 rings (SSSR count). The highest BCUT2D eigenvalue weighted by molar-refractivity contribution is 9.10. The second-order valence-corrected chi connectivity index (χ2v) is 4.82. The molecule has 0 saturated heterocycles. The van der Waals surface area contributed by atoms with Crippen LogP contribution in [0.5, 0.6) is 5.75 Å². The van der Waals surface area contributed by atoms with E-state index in [2.05, 4.69) is 15.9 Å². The number of rotatable bonds is 7. The van der Waals surface area contributed by atoms with Crippen LogP contribution in [0.1, 0.15) is 25.8 Å². The molecule has 0 heterocycles. The van der Waals surface area contributed by atoms with Gasteiger partial charge in [0.05, 0.1) is 11.6 Å². The maximum Gasteiger partial charge on any atom is 0.165 e. The molecule has 0 aliphatic heterocycles. The monoisotopic (exact) mass is 314 g/mol. The maximum atomic E-state index is 12.0. The number of ketones is 1. The first-order valence-electron chi connectivity index (χ1n) is 6.09. The zero-order chi connectivity index (χ0) is 13.5. The fourth-order valence-electron chi connectivity index (χ4n) is 1.77. The average Bonchev–Trinajstić information content (AvgIpc) is 2.36. The minimum absolute atomic E-state index is 0.122. The molecule has 100 valence electrons. The third-order valence-electron chi connectivity index (χ3n) is 2.69. The number of hydrogen-bond acceptors (Lipinski definition) is 3. The SMILES string of the molecule is CCOC(CC)C(=O)Cc1ccc(OC)c(Br)c1. The molecule has 0 amide bonds. The molecular weight excluding hydrogens is 296 g/mol. The molecule has 1 atom stereocenters. The topological polar surface area (TPSA) is 35.5 Å². The zero-order valence-corrected chi connectivity index (χ0v) is 12.6. The highest BCUT2D eigenvalue weighted by Gasteiger charge is 2.17. The number of Topliss-reactive ketones (excluding diaryl/α,β-unsaturated/α-hetero) is 1. The van der Waals surface area contributed by atoms with E-state index in [9.17, 15) is 4.79 Å². The third-order valence-corrected chi connectivity index (χ3v) is 3.31. The molecule has 18 heavy (non-hydrogen) atoms. The van der Waals surface area contributed by atoms with Crippen molar-refractivity contribution in [2.45, 2.75) is 32.8 Å². The van der Waals surface area contributed by atoms with Gasteiger partial charge >= 0.3 is 0 Å². The first-order valence-corrected chi connectivity index (χ1v) is 6.88. The summed E-state index contributed by atoms with van der Waals surface area (Å²) in [6, 6.07) is 5.67. The number of halogens is 1. The third kappa shape index (κ3) is 4.10. The fourth-order valence-corrected chi connectivity index (χ4v) is 2.36. The number of benzene rings is 1. The minimum atomic E-state index is -0.295. The Morgan fingerprint density at radius 3 is 2.61 bits per heavy atom. The Labute approximate surface area is 117 Å². The summed E-state index contributed by atoms with van der Waals surface area (Å²) in [7, 11) is 1.62. The Bertz CT molecular complexity index is 404. The molecule has 0 aliphatic carbocycles. The van der Waals surface area contributed by atoms with Crippen LogP contribution in [-0.2, 0) is 16.0 Å². The van der Waals surface area contributed by atoms with Gasteiger partial charge in [-0.2, -0.15) is 0 Å². The number of methoxy groups -OCH3 is 1. The highest BCUT2D eigenvalue weighted by Crippen LogP contribution is 2.26. The lowest BCUT2D eigenvalue weighted by Gasteiger charge is -2.14. The summed E-state index contributed by atoms with van der Waals surface area (Å²) in [6.07, 6.45) is 0.807. The summed E-state index contributed by atoms with van der Waals surface area (Å²) in [5.41, 5.74) is 0.964. The zero-order valence-electron chi connectivity index (χ0n) is 11.0. The van der Waals surface area contributed by atoms with E-state index in [1.54, 1.807) is 7.11 Å². The molecule has 1 aromatic carbocycles. The van der Waals surface area contributed by atoms with Gasteiger partial charge in [0, 0.05) is 13.0 Å². The van der Waals surface area contributed by atoms with Crippen molar-refractivity contribution in [2.75, 3.05) is 13.7 Å². The average molecular weight is 315 g/mol. The Balaban J connectivity index is 2.72. The van der Waals surface area contributed by atoms with Crippen LogP contribution in [0.4, 0.5) is 0 Å². The van der Waals surface area contributed by atoms with E-state index >= 15 is 0 Å². The van der Waals surface area contributed by atoms with Crippen LogP contribution in [0.25, 0.3) is 0 Å². The van der Waals surface area contributed by atoms with Crippen LogP contribution in [0.3, 0.4) is 0 Å². The van der Waals surface area contributed by atoms with Crippen LogP contribution in [0.2, 0.25) is 0 Å². The normalized spacial score (nSPS) is 12.2. The highest BCUT2D eigenvalue weighted by atomic mass is 79.9. The lowest BCUT2D eigenvalue weighted by atomic mass is 10.0. The Morgan fingerprint density at radius 2 is 2.11 bits per heavy atom. The van der Waals surface area contributed by atoms with Gasteiger partial charge in [0.25, 0.3) is 0 Å². The van der Waals surface area contributed by atoms with Gasteiger partial charge in [-0.3, -0.25) is 4.79 Å². The molecule has 0 saturated carbocycles. The quantitative estimate of drug-likeness (QED) is 0.774. The summed E-state index contributed by atoms with van der Waals surface area (Å²) < 4.78 is 11.4. The summed E-state index contributed by atoms with van der Waals surface area (Å²) >= 11 is 3.41. The second-order valence-electron chi connectivity index (χ2n) is 3.96. The Kier molecular flexibility index (Phi) is 6.36. The van der Waals surface area contributed by atoms with Crippen LogP contribution >= 0.6 is 15.9 Å². The molecule has 0 radical (unpaired) electrons. The van der Waals surface area contributed by atoms with Gasteiger partial charge in [-0.25, -0.2) is 0 Å². The van der Waals surface area contributed by atoms with Gasteiger partial charge in [-0.15, -0.1) is 0 Å². The van der Waals surface area contributed by atoms with E-state index < -0.39 is 0 Å². The number of hydrogen-bond donors (Lipinski definition) is 0. The van der Waals surface area contributed by atoms with Gasteiger partial charge in [-0.1, -0.05) is 13.0 Å². The van der Waals surface area contributed by atoms with Gasteiger partial charge in [-0.05, 0) is 47.0 Å². The molecule has 0 fully saturated rings. The summed E-state index contributed by atoms with van der Waals surface area (Å²) in [4.78, 5) is 12.0. The molecule has 0 spiro atoms. The second kappa shape index (κ2) is 7.54. The van der Waals surface area contributed by atoms with Crippen molar-refractivity contribution in [1.82, 2.24) is 0 Å². The molecule has 1 unspecified atom stereocenters. The van der Waals surface area contributed by atoms with Gasteiger partial charge in [0.15, 0.2) is 5.78 Å². The van der Waals surface area contributed by atoms with E-state index in [1.165, 1.54) is 0 Å². The maximum absolute atomic E-state index is 12.0. The summed E-state index contributed by atoms with van der Waals surface area (Å²) in [5, 5.41) is 0. The molecular formula is C14H19BrO3. The predicted molar refractivity (Wildman–Crippen MR) is 75.1 cm³/mol. The van der Waals surface area contributed by atoms with Gasteiger partial charge in [0.1, 0.15) is 11.9 Å². The van der Waals surface area contributed by atoms with Gasteiger partial charge < -0.3 is 9.47 Å². The van der Waals surface area contributed by atoms with Crippen molar-refractivity contribution < 1.29 is 14.3 Å². The van der Waals surface area contributed by atoms with E-state index in [4.69, 9.17) is 9.47 Å². The summed E-state index contributed by atoms with van der Waals surface area (Å²) in [5.74, 6) is 0.888. The minimum Gasteiger partial charge on any atom is -0.496 e. The molecule has 1 aromatic rings. The van der Waals surface area contributed by atoms with Crippen LogP contribution < -0.4 is 4.74 Å². The van der Waals surface area contributed by atoms with E-state index in [0.29, 0.717) is 19.4 Å². The molecule has 3 nitrogen and oxygen atoms in total. The van der Waals surface area contributed by atoms with E-state index in [1.807, 2.05) is 32.0 Å². The number of carbonyl (C=O) groups is 1. The van der Waals surface area contributed by atoms with E-state index in [-0.39, 0.29) is 11.9 Å². The fraction of sp³-hybridized carbons (Fsp3) is 0.500. The van der Waals surface area contributed by atoms with Crippen LogP contribution in [-0.4, -0.2) is 25.6 Å². The van der Waals surface area contributed by atoms with Crippen molar-refractivity contribution in [3.63, 3.8) is 0 Å². The summed E-state index contributed by atoms with van der Waals surface area (Å²) in [6.45, 7) is 4.43. The van der Waals surface area contributed by atoms with Crippen molar-refractivity contribution in [1.29, 1.82) is 0 Å². The largest absolute Gasteiger partial charge is 0.496 e. The van der Waals surface area contributed by atoms with Gasteiger partial charge in [0.2, 0.25) is 0 Å². The predicted octanol–water partition coefficient (Wildman–Crippen LogP) is 3.38. The van der Waals surface area contributed by atoms with Crippen LogP contribution in [0, 0.1) is 0 Å². The van der Waals surface area contributed by atoms with Crippen molar-refractivity contribution in [3.05, 3.63) is 28.2 Å². The van der Waals surface area contributed by atoms with Crippen molar-refractivity contribution >= 4 is 21.7 Å². The molecule has 0 N–H and O–H groups in total. The Morgan fingerprint density at radius 1 is 1.39 bits per heavy atom. The van der Waals surface area contributed by atoms with Crippen molar-refractivity contribution in [2.24, 2.45) is 0 Å². The van der Waals surface area contributed by atoms with Crippen LogP contribution in [0.15, 0.2) is 22.7 Å². The smallest absolute Gasteiger partial charge is 0.165 e.